The Kier molecular flexibility index (Phi) is 8.43. The van der Waals surface area contributed by atoms with E-state index in [4.69, 9.17) is 0 Å². The number of thiophene rings is 1. The molecule has 2 nitrogen and oxygen atoms in total. The van der Waals surface area contributed by atoms with Crippen LogP contribution < -0.4 is 5.32 Å². The quantitative estimate of drug-likeness (QED) is 0.643. The standard InChI is InChI=1S/C17H32N2S/c1-6-7-8-9-19(5)13-16-10-17(20-15(16)4)12-18-11-14(2)3/h10,14,18H,6-9,11-13H2,1-5H3. The first-order valence-corrected chi connectivity index (χ1v) is 8.82. The number of unbranched alkanes of at least 4 members (excludes halogenated alkanes) is 2. The average Bonchev–Trinajstić information content (AvgIpc) is 2.70. The topological polar surface area (TPSA) is 15.3 Å². The average molecular weight is 297 g/mol. The van der Waals surface area contributed by atoms with E-state index in [2.05, 4.69) is 51.0 Å². The minimum Gasteiger partial charge on any atom is -0.312 e. The highest BCUT2D eigenvalue weighted by atomic mass is 32.1. The first kappa shape index (κ1) is 17.7. The number of nitrogens with one attached hydrogen (secondary N) is 1. The molecule has 0 saturated heterocycles. The van der Waals surface area contributed by atoms with E-state index in [1.165, 1.54) is 41.1 Å². The van der Waals surface area contributed by atoms with E-state index in [1.54, 1.807) is 0 Å². The molecule has 1 heterocycles. The lowest BCUT2D eigenvalue weighted by Gasteiger charge is -2.16. The van der Waals surface area contributed by atoms with Crippen LogP contribution >= 0.6 is 11.3 Å². The van der Waals surface area contributed by atoms with Gasteiger partial charge < -0.3 is 10.2 Å². The van der Waals surface area contributed by atoms with Gasteiger partial charge in [0.1, 0.15) is 0 Å². The zero-order valence-electron chi connectivity index (χ0n) is 14.0. The van der Waals surface area contributed by atoms with Gasteiger partial charge in [-0.1, -0.05) is 33.6 Å². The monoisotopic (exact) mass is 296 g/mol. The Labute approximate surface area is 129 Å². The van der Waals surface area contributed by atoms with Crippen molar-refractivity contribution in [3.05, 3.63) is 21.4 Å². The maximum atomic E-state index is 3.53. The van der Waals surface area contributed by atoms with Gasteiger partial charge in [0, 0.05) is 22.8 Å². The summed E-state index contributed by atoms with van der Waals surface area (Å²) in [4.78, 5) is 5.41. The fraction of sp³-hybridized carbons (Fsp3) is 0.765. The molecular weight excluding hydrogens is 264 g/mol. The van der Waals surface area contributed by atoms with Gasteiger partial charge in [-0.15, -0.1) is 11.3 Å². The van der Waals surface area contributed by atoms with Gasteiger partial charge in [0.15, 0.2) is 0 Å². The van der Waals surface area contributed by atoms with Crippen LogP contribution in [-0.4, -0.2) is 25.0 Å². The third kappa shape index (κ3) is 6.87. The van der Waals surface area contributed by atoms with Crippen LogP contribution in [-0.2, 0) is 13.1 Å². The van der Waals surface area contributed by atoms with Crippen molar-refractivity contribution in [2.75, 3.05) is 20.1 Å². The van der Waals surface area contributed by atoms with E-state index >= 15 is 0 Å². The summed E-state index contributed by atoms with van der Waals surface area (Å²) in [6, 6.07) is 2.39. The molecule has 0 aliphatic rings. The summed E-state index contributed by atoms with van der Waals surface area (Å²) in [6.45, 7) is 13.4. The van der Waals surface area contributed by atoms with Crippen LogP contribution in [0.4, 0.5) is 0 Å². The molecule has 20 heavy (non-hydrogen) atoms. The first-order valence-electron chi connectivity index (χ1n) is 8.00. The van der Waals surface area contributed by atoms with Crippen molar-refractivity contribution in [1.82, 2.24) is 10.2 Å². The highest BCUT2D eigenvalue weighted by molar-refractivity contribution is 7.12. The Morgan fingerprint density at radius 3 is 2.70 bits per heavy atom. The minimum atomic E-state index is 0.722. The van der Waals surface area contributed by atoms with Crippen LogP contribution in [0.2, 0.25) is 0 Å². The third-order valence-electron chi connectivity index (χ3n) is 3.51. The smallest absolute Gasteiger partial charge is 0.0300 e. The van der Waals surface area contributed by atoms with E-state index in [0.29, 0.717) is 0 Å². The summed E-state index contributed by atoms with van der Waals surface area (Å²) in [5, 5.41) is 3.53. The molecular formula is C17H32N2S. The van der Waals surface area contributed by atoms with E-state index < -0.39 is 0 Å². The van der Waals surface area contributed by atoms with Crippen molar-refractivity contribution in [1.29, 1.82) is 0 Å². The second-order valence-electron chi connectivity index (χ2n) is 6.26. The van der Waals surface area contributed by atoms with Gasteiger partial charge in [0.25, 0.3) is 0 Å². The first-order chi connectivity index (χ1) is 9.52. The molecule has 1 rings (SSSR count). The lowest BCUT2D eigenvalue weighted by atomic mass is 10.2. The zero-order chi connectivity index (χ0) is 15.0. The van der Waals surface area contributed by atoms with E-state index in [0.717, 1.165) is 25.6 Å². The molecule has 1 N–H and O–H groups in total. The molecule has 1 aromatic heterocycles. The molecule has 0 atom stereocenters. The molecule has 0 radical (unpaired) electrons. The van der Waals surface area contributed by atoms with Crippen molar-refractivity contribution < 1.29 is 0 Å². The minimum absolute atomic E-state index is 0.722. The van der Waals surface area contributed by atoms with Crippen LogP contribution in [0.1, 0.15) is 55.4 Å². The predicted octanol–water partition coefficient (Wildman–Crippen LogP) is 4.42. The van der Waals surface area contributed by atoms with E-state index in [-0.39, 0.29) is 0 Å². The van der Waals surface area contributed by atoms with Crippen LogP contribution in [0, 0.1) is 12.8 Å². The lowest BCUT2D eigenvalue weighted by molar-refractivity contribution is 0.318. The molecule has 0 aliphatic heterocycles. The molecule has 0 aromatic carbocycles. The normalized spacial score (nSPS) is 11.8. The summed E-state index contributed by atoms with van der Waals surface area (Å²) < 4.78 is 0. The van der Waals surface area contributed by atoms with Gasteiger partial charge in [-0.25, -0.2) is 0 Å². The highest BCUT2D eigenvalue weighted by Gasteiger charge is 2.08. The van der Waals surface area contributed by atoms with Crippen molar-refractivity contribution >= 4 is 11.3 Å². The van der Waals surface area contributed by atoms with E-state index in [9.17, 15) is 0 Å². The molecule has 0 saturated carbocycles. The van der Waals surface area contributed by atoms with Gasteiger partial charge in [-0.05, 0) is 51.0 Å². The third-order valence-corrected chi connectivity index (χ3v) is 4.60. The Morgan fingerprint density at radius 1 is 1.30 bits per heavy atom. The van der Waals surface area contributed by atoms with Crippen LogP contribution in [0.5, 0.6) is 0 Å². The second kappa shape index (κ2) is 9.54. The van der Waals surface area contributed by atoms with Gasteiger partial charge in [0.05, 0.1) is 0 Å². The van der Waals surface area contributed by atoms with Gasteiger partial charge in [-0.2, -0.15) is 0 Å². The Morgan fingerprint density at radius 2 is 2.05 bits per heavy atom. The Balaban J connectivity index is 2.40. The van der Waals surface area contributed by atoms with Crippen LogP contribution in [0.25, 0.3) is 0 Å². The van der Waals surface area contributed by atoms with Gasteiger partial charge in [-0.3, -0.25) is 0 Å². The molecule has 0 fully saturated rings. The Bertz CT molecular complexity index is 371. The maximum Gasteiger partial charge on any atom is 0.0300 e. The summed E-state index contributed by atoms with van der Waals surface area (Å²) in [5.41, 5.74) is 1.51. The number of hydrogen-bond acceptors (Lipinski definition) is 3. The molecule has 3 heteroatoms. The lowest BCUT2D eigenvalue weighted by Crippen LogP contribution is -2.19. The highest BCUT2D eigenvalue weighted by Crippen LogP contribution is 2.22. The second-order valence-corrected chi connectivity index (χ2v) is 7.60. The fourth-order valence-corrected chi connectivity index (χ4v) is 3.34. The number of aryl methyl sites for hydroxylation is 1. The molecule has 0 spiro atoms. The molecule has 1 aromatic rings. The van der Waals surface area contributed by atoms with E-state index in [1.807, 2.05) is 11.3 Å². The van der Waals surface area contributed by atoms with Gasteiger partial charge >= 0.3 is 0 Å². The summed E-state index contributed by atoms with van der Waals surface area (Å²) in [5.74, 6) is 0.722. The largest absolute Gasteiger partial charge is 0.312 e. The zero-order valence-corrected chi connectivity index (χ0v) is 14.8. The number of hydrogen-bond donors (Lipinski definition) is 1. The molecule has 0 aliphatic carbocycles. The molecule has 0 bridgehead atoms. The van der Waals surface area contributed by atoms with Crippen molar-refractivity contribution in [2.24, 2.45) is 5.92 Å². The summed E-state index contributed by atoms with van der Waals surface area (Å²) in [7, 11) is 2.24. The summed E-state index contributed by atoms with van der Waals surface area (Å²) in [6.07, 6.45) is 3.97. The Hall–Kier alpha value is -0.380. The van der Waals surface area contributed by atoms with Crippen LogP contribution in [0.15, 0.2) is 6.07 Å². The van der Waals surface area contributed by atoms with Crippen molar-refractivity contribution in [2.45, 2.75) is 60.0 Å². The summed E-state index contributed by atoms with van der Waals surface area (Å²) >= 11 is 1.95. The maximum absolute atomic E-state index is 3.53. The van der Waals surface area contributed by atoms with Crippen molar-refractivity contribution in [3.63, 3.8) is 0 Å². The van der Waals surface area contributed by atoms with Crippen LogP contribution in [0.3, 0.4) is 0 Å². The fourth-order valence-electron chi connectivity index (χ4n) is 2.32. The molecule has 116 valence electrons. The molecule has 0 amide bonds. The molecule has 0 unspecified atom stereocenters. The van der Waals surface area contributed by atoms with Crippen molar-refractivity contribution in [3.8, 4) is 0 Å². The predicted molar refractivity (Wildman–Crippen MR) is 91.5 cm³/mol. The number of rotatable bonds is 10. The number of nitrogens with zero attached hydrogens (tertiary/aromatic N) is 1. The SMILES string of the molecule is CCCCCN(C)Cc1cc(CNCC(C)C)sc1C. The van der Waals surface area contributed by atoms with Gasteiger partial charge in [0.2, 0.25) is 0 Å².